The summed E-state index contributed by atoms with van der Waals surface area (Å²) >= 11 is 1.60. The molecule has 0 amide bonds. The van der Waals surface area contributed by atoms with Crippen molar-refractivity contribution in [1.29, 1.82) is 0 Å². The lowest BCUT2D eigenvalue weighted by Gasteiger charge is -1.74. The molecule has 0 spiro atoms. The van der Waals surface area contributed by atoms with Crippen molar-refractivity contribution in [3.8, 4) is 0 Å². The number of hydrogen-bond donors (Lipinski definition) is 2. The monoisotopic (exact) mass is 201 g/mol. The van der Waals surface area contributed by atoms with E-state index in [2.05, 4.69) is 4.98 Å². The Morgan fingerprint density at radius 3 is 1.92 bits per heavy atom. The Morgan fingerprint density at radius 1 is 1.23 bits per heavy atom. The van der Waals surface area contributed by atoms with Crippen LogP contribution in [0.4, 0.5) is 0 Å². The lowest BCUT2D eigenvalue weighted by atomic mass is 10.5. The molecule has 0 atom stereocenters. The van der Waals surface area contributed by atoms with Crippen LogP contribution in [0.3, 0.4) is 0 Å². The van der Waals surface area contributed by atoms with Crippen molar-refractivity contribution in [1.82, 2.24) is 4.98 Å². The number of aliphatic carboxylic acids is 2. The standard InChI is InChI=1S/C4H4O4.C3H3NS/c5-3(6)1-2-4(7)8;1-2-5-3-4-1/h1-2H,(H,5,6)(H,7,8);1-3H. The molecule has 1 heterocycles. The molecule has 1 aromatic rings. The zero-order chi connectivity index (χ0) is 10.1. The summed E-state index contributed by atoms with van der Waals surface area (Å²) in [4.78, 5) is 22.8. The van der Waals surface area contributed by atoms with Crippen molar-refractivity contribution in [3.05, 3.63) is 29.2 Å². The number of carboxylic acids is 2. The number of carboxylic acid groups (broad SMARTS) is 2. The van der Waals surface area contributed by atoms with Crippen LogP contribution in [0.15, 0.2) is 29.2 Å². The first-order chi connectivity index (χ1) is 6.13. The molecule has 0 aliphatic heterocycles. The van der Waals surface area contributed by atoms with Crippen LogP contribution in [0, 0.1) is 0 Å². The predicted molar refractivity (Wildman–Crippen MR) is 46.5 cm³/mol. The van der Waals surface area contributed by atoms with Crippen molar-refractivity contribution in [2.45, 2.75) is 0 Å². The summed E-state index contributed by atoms with van der Waals surface area (Å²) < 4.78 is 0. The number of hydrogen-bond acceptors (Lipinski definition) is 4. The minimum absolute atomic E-state index is 0.558. The summed E-state index contributed by atoms with van der Waals surface area (Å²) in [6, 6.07) is 0. The molecule has 1 aromatic heterocycles. The highest BCUT2D eigenvalue weighted by Crippen LogP contribution is 1.85. The van der Waals surface area contributed by atoms with Gasteiger partial charge in [-0.1, -0.05) is 0 Å². The van der Waals surface area contributed by atoms with E-state index in [0.29, 0.717) is 12.2 Å². The van der Waals surface area contributed by atoms with E-state index in [9.17, 15) is 9.59 Å². The van der Waals surface area contributed by atoms with E-state index in [1.807, 2.05) is 5.38 Å². The fraction of sp³-hybridized carbons (Fsp3) is 0. The van der Waals surface area contributed by atoms with Gasteiger partial charge in [0, 0.05) is 23.7 Å². The van der Waals surface area contributed by atoms with Crippen LogP contribution in [0.1, 0.15) is 0 Å². The summed E-state index contributed by atoms with van der Waals surface area (Å²) in [6.45, 7) is 0. The molecule has 0 fully saturated rings. The smallest absolute Gasteiger partial charge is 0.328 e. The highest BCUT2D eigenvalue weighted by Gasteiger charge is 1.88. The summed E-state index contributed by atoms with van der Waals surface area (Å²) in [5, 5.41) is 17.6. The molecular formula is C7H7NO4S. The fourth-order valence-electron chi connectivity index (χ4n) is 0.318. The van der Waals surface area contributed by atoms with Crippen molar-refractivity contribution in [2.75, 3.05) is 0 Å². The third-order valence-corrected chi connectivity index (χ3v) is 1.24. The minimum atomic E-state index is -1.26. The van der Waals surface area contributed by atoms with Gasteiger partial charge in [-0.3, -0.25) is 4.98 Å². The Balaban J connectivity index is 0.000000243. The number of rotatable bonds is 2. The van der Waals surface area contributed by atoms with Crippen molar-refractivity contribution in [2.24, 2.45) is 0 Å². The Kier molecular flexibility index (Phi) is 6.08. The molecule has 5 nitrogen and oxygen atoms in total. The van der Waals surface area contributed by atoms with Gasteiger partial charge in [-0.25, -0.2) is 9.59 Å². The van der Waals surface area contributed by atoms with E-state index in [1.165, 1.54) is 0 Å². The van der Waals surface area contributed by atoms with E-state index < -0.39 is 11.9 Å². The maximum Gasteiger partial charge on any atom is 0.328 e. The number of thiazole rings is 1. The molecule has 0 saturated heterocycles. The molecule has 13 heavy (non-hydrogen) atoms. The van der Waals surface area contributed by atoms with Crippen molar-refractivity contribution < 1.29 is 19.8 Å². The average molecular weight is 201 g/mol. The summed E-state index contributed by atoms with van der Waals surface area (Å²) in [7, 11) is 0. The minimum Gasteiger partial charge on any atom is -0.478 e. The number of nitrogens with zero attached hydrogens (tertiary/aromatic N) is 1. The SMILES string of the molecule is O=C(O)C=CC(=O)O.c1cscn1. The molecule has 0 bridgehead atoms. The van der Waals surface area contributed by atoms with Gasteiger partial charge in [0.05, 0.1) is 5.51 Å². The number of carbonyl (C=O) groups is 2. The Morgan fingerprint density at radius 2 is 1.77 bits per heavy atom. The van der Waals surface area contributed by atoms with Crippen LogP contribution in [0.25, 0.3) is 0 Å². The zero-order valence-corrected chi connectivity index (χ0v) is 7.27. The van der Waals surface area contributed by atoms with E-state index in [1.54, 1.807) is 23.0 Å². The van der Waals surface area contributed by atoms with Crippen LogP contribution in [0.5, 0.6) is 0 Å². The highest BCUT2D eigenvalue weighted by molar-refractivity contribution is 7.07. The van der Waals surface area contributed by atoms with Gasteiger partial charge < -0.3 is 10.2 Å². The lowest BCUT2D eigenvalue weighted by Crippen LogP contribution is -1.91. The van der Waals surface area contributed by atoms with Crippen LogP contribution >= 0.6 is 11.3 Å². The third kappa shape index (κ3) is 10.3. The first-order valence-electron chi connectivity index (χ1n) is 3.09. The quantitative estimate of drug-likeness (QED) is 0.693. The van der Waals surface area contributed by atoms with Crippen LogP contribution in [0.2, 0.25) is 0 Å². The van der Waals surface area contributed by atoms with Crippen molar-refractivity contribution >= 4 is 23.3 Å². The molecule has 0 saturated carbocycles. The summed E-state index contributed by atoms with van der Waals surface area (Å²) in [5.74, 6) is -2.51. The van der Waals surface area contributed by atoms with Gasteiger partial charge in [0.25, 0.3) is 0 Å². The summed E-state index contributed by atoms with van der Waals surface area (Å²) in [6.07, 6.45) is 2.88. The molecule has 0 aliphatic carbocycles. The molecule has 0 unspecified atom stereocenters. The lowest BCUT2D eigenvalue weighted by molar-refractivity contribution is -0.134. The maximum atomic E-state index is 9.55. The molecule has 70 valence electrons. The van der Waals surface area contributed by atoms with Gasteiger partial charge in [0.15, 0.2) is 0 Å². The van der Waals surface area contributed by atoms with Gasteiger partial charge in [-0.05, 0) is 0 Å². The molecular weight excluding hydrogens is 194 g/mol. The van der Waals surface area contributed by atoms with E-state index >= 15 is 0 Å². The Labute approximate surface area is 78.0 Å². The van der Waals surface area contributed by atoms with E-state index in [0.717, 1.165) is 0 Å². The van der Waals surface area contributed by atoms with Gasteiger partial charge in [0.2, 0.25) is 0 Å². The van der Waals surface area contributed by atoms with Crippen LogP contribution < -0.4 is 0 Å². The van der Waals surface area contributed by atoms with Crippen LogP contribution in [-0.4, -0.2) is 27.1 Å². The molecule has 0 aromatic carbocycles. The second-order valence-electron chi connectivity index (χ2n) is 1.69. The maximum absolute atomic E-state index is 9.55. The Bertz CT molecular complexity index is 247. The molecule has 1 rings (SSSR count). The Hall–Kier alpha value is -1.69. The van der Waals surface area contributed by atoms with Crippen LogP contribution in [-0.2, 0) is 9.59 Å². The summed E-state index contributed by atoms with van der Waals surface area (Å²) in [5.41, 5.74) is 1.79. The van der Waals surface area contributed by atoms with Gasteiger partial charge in [-0.15, -0.1) is 11.3 Å². The second kappa shape index (κ2) is 6.99. The van der Waals surface area contributed by atoms with Gasteiger partial charge >= 0.3 is 11.9 Å². The normalized spacial score (nSPS) is 8.92. The third-order valence-electron chi connectivity index (χ3n) is 0.716. The molecule has 0 radical (unpaired) electrons. The van der Waals surface area contributed by atoms with Crippen molar-refractivity contribution in [3.63, 3.8) is 0 Å². The van der Waals surface area contributed by atoms with E-state index in [4.69, 9.17) is 10.2 Å². The largest absolute Gasteiger partial charge is 0.478 e. The van der Waals surface area contributed by atoms with Gasteiger partial charge in [0.1, 0.15) is 0 Å². The molecule has 6 heteroatoms. The fourth-order valence-corrected chi connectivity index (χ4v) is 0.670. The zero-order valence-electron chi connectivity index (χ0n) is 6.45. The topological polar surface area (TPSA) is 87.5 Å². The first-order valence-corrected chi connectivity index (χ1v) is 4.03. The second-order valence-corrected chi connectivity index (χ2v) is 2.44. The van der Waals surface area contributed by atoms with E-state index in [-0.39, 0.29) is 0 Å². The molecule has 2 N–H and O–H groups in total. The predicted octanol–water partition coefficient (Wildman–Crippen LogP) is 0.855. The van der Waals surface area contributed by atoms with Gasteiger partial charge in [-0.2, -0.15) is 0 Å². The number of aromatic nitrogens is 1. The highest BCUT2D eigenvalue weighted by atomic mass is 32.1. The first kappa shape index (κ1) is 11.3. The molecule has 0 aliphatic rings. The average Bonchev–Trinajstić information content (AvgIpc) is 2.57.